The van der Waals surface area contributed by atoms with Crippen molar-refractivity contribution in [1.82, 2.24) is 5.32 Å². The molecule has 3 nitrogen and oxygen atoms in total. The maximum atomic E-state index is 5.76. The summed E-state index contributed by atoms with van der Waals surface area (Å²) in [6.45, 7) is 7.01. The van der Waals surface area contributed by atoms with Gasteiger partial charge in [0.05, 0.1) is 6.61 Å². The number of hydrogen-bond acceptors (Lipinski definition) is 3. The maximum Gasteiger partial charge on any atom is 0.161 e. The first-order valence-corrected chi connectivity index (χ1v) is 7.40. The van der Waals surface area contributed by atoms with Crippen LogP contribution in [0.25, 0.3) is 0 Å². The zero-order valence-corrected chi connectivity index (χ0v) is 12.8. The van der Waals surface area contributed by atoms with Crippen molar-refractivity contribution in [2.75, 3.05) is 19.8 Å². The van der Waals surface area contributed by atoms with E-state index >= 15 is 0 Å². The Hall–Kier alpha value is -2.00. The van der Waals surface area contributed by atoms with Gasteiger partial charge in [0, 0.05) is 13.1 Å². The van der Waals surface area contributed by atoms with Crippen LogP contribution in [0.4, 0.5) is 0 Å². The van der Waals surface area contributed by atoms with Gasteiger partial charge in [-0.05, 0) is 31.5 Å². The summed E-state index contributed by atoms with van der Waals surface area (Å²) in [6.07, 6.45) is 0. The van der Waals surface area contributed by atoms with E-state index in [9.17, 15) is 0 Å². The Kier molecular flexibility index (Phi) is 6.10. The SMILES string of the molecule is CCOc1ccccc1OCCNCc1cccc(C)c1. The topological polar surface area (TPSA) is 30.5 Å². The second-order valence-electron chi connectivity index (χ2n) is 4.89. The average Bonchev–Trinajstić information content (AvgIpc) is 2.49. The largest absolute Gasteiger partial charge is 0.490 e. The first-order valence-electron chi connectivity index (χ1n) is 7.40. The minimum absolute atomic E-state index is 0.621. The lowest BCUT2D eigenvalue weighted by molar-refractivity contribution is 0.275. The van der Waals surface area contributed by atoms with Crippen LogP contribution < -0.4 is 14.8 Å². The van der Waals surface area contributed by atoms with Gasteiger partial charge in [0.15, 0.2) is 11.5 Å². The van der Waals surface area contributed by atoms with Gasteiger partial charge in [-0.1, -0.05) is 42.0 Å². The summed E-state index contributed by atoms with van der Waals surface area (Å²) in [5.74, 6) is 1.61. The minimum atomic E-state index is 0.621. The van der Waals surface area contributed by atoms with E-state index in [-0.39, 0.29) is 0 Å². The third-order valence-corrected chi connectivity index (χ3v) is 3.10. The van der Waals surface area contributed by atoms with Crippen LogP contribution in [0, 0.1) is 6.92 Å². The number of para-hydroxylation sites is 2. The van der Waals surface area contributed by atoms with Crippen LogP contribution in [-0.2, 0) is 6.54 Å². The van der Waals surface area contributed by atoms with Crippen LogP contribution >= 0.6 is 0 Å². The monoisotopic (exact) mass is 285 g/mol. The van der Waals surface area contributed by atoms with E-state index in [1.54, 1.807) is 0 Å². The Morgan fingerprint density at radius 1 is 0.952 bits per heavy atom. The van der Waals surface area contributed by atoms with Crippen molar-refractivity contribution in [3.8, 4) is 11.5 Å². The molecule has 0 unspecified atom stereocenters. The quantitative estimate of drug-likeness (QED) is 0.752. The van der Waals surface area contributed by atoms with Gasteiger partial charge in [0.2, 0.25) is 0 Å². The molecular weight excluding hydrogens is 262 g/mol. The van der Waals surface area contributed by atoms with Gasteiger partial charge in [-0.25, -0.2) is 0 Å². The number of nitrogens with one attached hydrogen (secondary N) is 1. The molecule has 0 aromatic heterocycles. The Morgan fingerprint density at radius 3 is 2.43 bits per heavy atom. The van der Waals surface area contributed by atoms with E-state index in [1.807, 2.05) is 31.2 Å². The molecule has 0 bridgehead atoms. The third kappa shape index (κ3) is 5.12. The summed E-state index contributed by atoms with van der Waals surface area (Å²) >= 11 is 0. The zero-order chi connectivity index (χ0) is 14.9. The van der Waals surface area contributed by atoms with E-state index in [1.165, 1.54) is 11.1 Å². The van der Waals surface area contributed by atoms with Gasteiger partial charge in [-0.2, -0.15) is 0 Å². The molecular formula is C18H23NO2. The second kappa shape index (κ2) is 8.32. The fraction of sp³-hybridized carbons (Fsp3) is 0.333. The van der Waals surface area contributed by atoms with Crippen LogP contribution in [0.15, 0.2) is 48.5 Å². The van der Waals surface area contributed by atoms with Crippen LogP contribution in [0.3, 0.4) is 0 Å². The third-order valence-electron chi connectivity index (χ3n) is 3.10. The number of rotatable bonds is 8. The molecule has 0 fully saturated rings. The highest BCUT2D eigenvalue weighted by Crippen LogP contribution is 2.25. The molecule has 0 aliphatic carbocycles. The zero-order valence-electron chi connectivity index (χ0n) is 12.8. The normalized spacial score (nSPS) is 10.4. The Balaban J connectivity index is 1.72. The molecule has 0 atom stereocenters. The molecule has 0 aliphatic heterocycles. The van der Waals surface area contributed by atoms with Crippen molar-refractivity contribution in [3.05, 3.63) is 59.7 Å². The van der Waals surface area contributed by atoms with Crippen molar-refractivity contribution in [1.29, 1.82) is 0 Å². The van der Waals surface area contributed by atoms with Crippen molar-refractivity contribution in [2.24, 2.45) is 0 Å². The summed E-state index contributed by atoms with van der Waals surface area (Å²) in [6, 6.07) is 16.3. The number of benzene rings is 2. The van der Waals surface area contributed by atoms with E-state index in [4.69, 9.17) is 9.47 Å². The van der Waals surface area contributed by atoms with Crippen LogP contribution in [-0.4, -0.2) is 19.8 Å². The van der Waals surface area contributed by atoms with E-state index in [2.05, 4.69) is 36.5 Å². The van der Waals surface area contributed by atoms with Crippen molar-refractivity contribution in [3.63, 3.8) is 0 Å². The molecule has 3 heteroatoms. The van der Waals surface area contributed by atoms with Gasteiger partial charge in [0.25, 0.3) is 0 Å². The lowest BCUT2D eigenvalue weighted by Crippen LogP contribution is -2.20. The van der Waals surface area contributed by atoms with Crippen LogP contribution in [0.5, 0.6) is 11.5 Å². The Labute approximate surface area is 126 Å². The number of aryl methyl sites for hydroxylation is 1. The molecule has 2 aromatic carbocycles. The highest BCUT2D eigenvalue weighted by molar-refractivity contribution is 5.39. The van der Waals surface area contributed by atoms with Crippen molar-refractivity contribution >= 4 is 0 Å². The maximum absolute atomic E-state index is 5.76. The summed E-state index contributed by atoms with van der Waals surface area (Å²) in [5.41, 5.74) is 2.58. The molecule has 2 aromatic rings. The fourth-order valence-electron chi connectivity index (χ4n) is 2.13. The lowest BCUT2D eigenvalue weighted by atomic mass is 10.1. The number of hydrogen-bond donors (Lipinski definition) is 1. The first-order chi connectivity index (χ1) is 10.3. The van der Waals surface area contributed by atoms with Gasteiger partial charge in [-0.3, -0.25) is 0 Å². The second-order valence-corrected chi connectivity index (χ2v) is 4.89. The summed E-state index contributed by atoms with van der Waals surface area (Å²) in [4.78, 5) is 0. The molecule has 0 saturated carbocycles. The summed E-state index contributed by atoms with van der Waals surface area (Å²) < 4.78 is 11.3. The highest BCUT2D eigenvalue weighted by atomic mass is 16.5. The van der Waals surface area contributed by atoms with E-state index < -0.39 is 0 Å². The first kappa shape index (κ1) is 15.4. The molecule has 0 aliphatic rings. The van der Waals surface area contributed by atoms with Gasteiger partial charge >= 0.3 is 0 Å². The highest BCUT2D eigenvalue weighted by Gasteiger charge is 2.02. The molecule has 0 spiro atoms. The predicted molar refractivity (Wildman–Crippen MR) is 86.0 cm³/mol. The molecule has 0 heterocycles. The summed E-state index contributed by atoms with van der Waals surface area (Å²) in [7, 11) is 0. The van der Waals surface area contributed by atoms with Crippen LogP contribution in [0.1, 0.15) is 18.1 Å². The molecule has 1 N–H and O–H groups in total. The van der Waals surface area contributed by atoms with Gasteiger partial charge < -0.3 is 14.8 Å². The Morgan fingerprint density at radius 2 is 1.71 bits per heavy atom. The molecule has 112 valence electrons. The minimum Gasteiger partial charge on any atom is -0.490 e. The van der Waals surface area contributed by atoms with Crippen LogP contribution in [0.2, 0.25) is 0 Å². The van der Waals surface area contributed by atoms with Gasteiger partial charge in [0.1, 0.15) is 6.61 Å². The standard InChI is InChI=1S/C18H23NO2/c1-3-20-17-9-4-5-10-18(17)21-12-11-19-14-16-8-6-7-15(2)13-16/h4-10,13,19H,3,11-12,14H2,1-2H3. The number of ether oxygens (including phenoxy) is 2. The van der Waals surface area contributed by atoms with E-state index in [0.717, 1.165) is 24.6 Å². The van der Waals surface area contributed by atoms with Crippen molar-refractivity contribution in [2.45, 2.75) is 20.4 Å². The molecule has 2 rings (SSSR count). The predicted octanol–water partition coefficient (Wildman–Crippen LogP) is 3.56. The fourth-order valence-corrected chi connectivity index (χ4v) is 2.13. The molecule has 0 amide bonds. The Bertz CT molecular complexity index is 554. The van der Waals surface area contributed by atoms with Crippen molar-refractivity contribution < 1.29 is 9.47 Å². The smallest absolute Gasteiger partial charge is 0.161 e. The molecule has 0 saturated heterocycles. The average molecular weight is 285 g/mol. The lowest BCUT2D eigenvalue weighted by Gasteiger charge is -2.12. The molecule has 0 radical (unpaired) electrons. The van der Waals surface area contributed by atoms with Gasteiger partial charge in [-0.15, -0.1) is 0 Å². The molecule has 21 heavy (non-hydrogen) atoms. The summed E-state index contributed by atoms with van der Waals surface area (Å²) in [5, 5.41) is 3.38. The van der Waals surface area contributed by atoms with E-state index in [0.29, 0.717) is 13.2 Å².